The second-order valence-corrected chi connectivity index (χ2v) is 5.26. The van der Waals surface area contributed by atoms with Crippen molar-refractivity contribution in [3.05, 3.63) is 23.3 Å². The van der Waals surface area contributed by atoms with Crippen LogP contribution in [0, 0.1) is 6.92 Å². The number of carbonyl (C=O) groups is 1. The number of nitrogens with one attached hydrogen (secondary N) is 1. The summed E-state index contributed by atoms with van der Waals surface area (Å²) in [4.78, 5) is 12.3. The molecule has 0 atom stereocenters. The van der Waals surface area contributed by atoms with Gasteiger partial charge >= 0.3 is 0 Å². The second kappa shape index (κ2) is 8.86. The molecule has 0 unspecified atom stereocenters. The van der Waals surface area contributed by atoms with Crippen LogP contribution < -0.4 is 20.5 Å². The molecule has 0 aliphatic rings. The maximum absolute atomic E-state index is 12.3. The molecular formula is C16H27ClN2O3. The van der Waals surface area contributed by atoms with Crippen LogP contribution in [0.1, 0.15) is 42.6 Å². The molecule has 0 bridgehead atoms. The van der Waals surface area contributed by atoms with Crippen molar-refractivity contribution in [2.24, 2.45) is 5.73 Å². The van der Waals surface area contributed by atoms with Gasteiger partial charge < -0.3 is 20.5 Å². The van der Waals surface area contributed by atoms with E-state index in [1.807, 2.05) is 20.8 Å². The molecule has 0 aliphatic heterocycles. The normalized spacial score (nSPS) is 10.6. The lowest BCUT2D eigenvalue weighted by Crippen LogP contribution is -2.49. The van der Waals surface area contributed by atoms with E-state index < -0.39 is 0 Å². The Hall–Kier alpha value is -1.46. The molecule has 1 aromatic rings. The lowest BCUT2D eigenvalue weighted by molar-refractivity contribution is 0.0941. The second-order valence-electron chi connectivity index (χ2n) is 5.26. The van der Waals surface area contributed by atoms with Crippen molar-refractivity contribution in [2.45, 2.75) is 39.2 Å². The Bertz CT molecular complexity index is 477. The first kappa shape index (κ1) is 20.5. The molecule has 0 radical (unpaired) electrons. The van der Waals surface area contributed by atoms with Crippen LogP contribution in [0.15, 0.2) is 12.1 Å². The monoisotopic (exact) mass is 330 g/mol. The van der Waals surface area contributed by atoms with Crippen LogP contribution in [0.25, 0.3) is 0 Å². The van der Waals surface area contributed by atoms with E-state index in [2.05, 4.69) is 5.32 Å². The fourth-order valence-electron chi connectivity index (χ4n) is 2.08. The van der Waals surface area contributed by atoms with Gasteiger partial charge in [-0.3, -0.25) is 4.79 Å². The molecule has 1 aromatic carbocycles. The van der Waals surface area contributed by atoms with Gasteiger partial charge in [0.25, 0.3) is 5.91 Å². The third kappa shape index (κ3) is 4.78. The summed E-state index contributed by atoms with van der Waals surface area (Å²) in [6.45, 7) is 6.37. The van der Waals surface area contributed by atoms with E-state index in [-0.39, 0.29) is 23.9 Å². The number of halogens is 1. The van der Waals surface area contributed by atoms with Crippen molar-refractivity contribution in [1.29, 1.82) is 0 Å². The molecule has 0 saturated heterocycles. The van der Waals surface area contributed by atoms with Crippen LogP contribution in [-0.2, 0) is 0 Å². The van der Waals surface area contributed by atoms with Gasteiger partial charge in [0, 0.05) is 23.2 Å². The van der Waals surface area contributed by atoms with Gasteiger partial charge in [0.05, 0.1) is 14.2 Å². The molecule has 0 fully saturated rings. The van der Waals surface area contributed by atoms with Crippen LogP contribution in [-0.4, -0.2) is 32.2 Å². The molecule has 5 nitrogen and oxygen atoms in total. The van der Waals surface area contributed by atoms with E-state index in [9.17, 15) is 4.79 Å². The number of hydrogen-bond donors (Lipinski definition) is 2. The van der Waals surface area contributed by atoms with Gasteiger partial charge in [-0.2, -0.15) is 0 Å². The third-order valence-corrected chi connectivity index (χ3v) is 4.02. The molecule has 6 heteroatoms. The van der Waals surface area contributed by atoms with E-state index in [1.54, 1.807) is 26.4 Å². The van der Waals surface area contributed by atoms with E-state index in [4.69, 9.17) is 15.2 Å². The van der Waals surface area contributed by atoms with E-state index in [1.165, 1.54) is 0 Å². The third-order valence-electron chi connectivity index (χ3n) is 4.02. The number of nitrogens with two attached hydrogens (primary N) is 1. The van der Waals surface area contributed by atoms with Crippen molar-refractivity contribution in [3.63, 3.8) is 0 Å². The van der Waals surface area contributed by atoms with Gasteiger partial charge in [-0.25, -0.2) is 0 Å². The number of carbonyl (C=O) groups excluding carboxylic acids is 1. The Balaban J connectivity index is 0.00000441. The molecule has 126 valence electrons. The van der Waals surface area contributed by atoms with Crippen molar-refractivity contribution in [2.75, 3.05) is 20.8 Å². The van der Waals surface area contributed by atoms with Gasteiger partial charge in [-0.1, -0.05) is 13.8 Å². The molecule has 0 heterocycles. The number of methoxy groups -OCH3 is 2. The quantitative estimate of drug-likeness (QED) is 0.806. The standard InChI is InChI=1S/C16H26N2O3.ClH/c1-6-16(17,7-2)10-18-15(19)12-8-13(20-4)11(3)14(9-12)21-5;/h8-9H,6-7,10,17H2,1-5H3,(H,18,19);1H. The van der Waals surface area contributed by atoms with Crippen molar-refractivity contribution < 1.29 is 14.3 Å². The molecule has 0 aromatic heterocycles. The summed E-state index contributed by atoms with van der Waals surface area (Å²) < 4.78 is 10.6. The zero-order chi connectivity index (χ0) is 16.0. The zero-order valence-electron chi connectivity index (χ0n) is 14.0. The van der Waals surface area contributed by atoms with Crippen LogP contribution in [0.5, 0.6) is 11.5 Å². The predicted molar refractivity (Wildman–Crippen MR) is 91.4 cm³/mol. The molecule has 0 aliphatic carbocycles. The molecule has 22 heavy (non-hydrogen) atoms. The molecule has 1 rings (SSSR count). The number of benzene rings is 1. The number of amides is 1. The summed E-state index contributed by atoms with van der Waals surface area (Å²) in [5.74, 6) is 1.08. The number of ether oxygens (including phenoxy) is 2. The van der Waals surface area contributed by atoms with Crippen molar-refractivity contribution in [3.8, 4) is 11.5 Å². The lowest BCUT2D eigenvalue weighted by atomic mass is 9.94. The maximum atomic E-state index is 12.3. The number of hydrogen-bond acceptors (Lipinski definition) is 4. The van der Waals surface area contributed by atoms with Crippen LogP contribution in [0.4, 0.5) is 0 Å². The minimum absolute atomic E-state index is 0. The summed E-state index contributed by atoms with van der Waals surface area (Å²) >= 11 is 0. The highest BCUT2D eigenvalue weighted by molar-refractivity contribution is 5.95. The highest BCUT2D eigenvalue weighted by Gasteiger charge is 2.22. The van der Waals surface area contributed by atoms with Gasteiger partial charge in [0.15, 0.2) is 0 Å². The highest BCUT2D eigenvalue weighted by atomic mass is 35.5. The summed E-state index contributed by atoms with van der Waals surface area (Å²) in [5.41, 5.74) is 7.20. The minimum atomic E-state index is -0.367. The highest BCUT2D eigenvalue weighted by Crippen LogP contribution is 2.29. The fourth-order valence-corrected chi connectivity index (χ4v) is 2.08. The first-order chi connectivity index (χ1) is 9.90. The largest absolute Gasteiger partial charge is 0.496 e. The van der Waals surface area contributed by atoms with Gasteiger partial charge in [0.1, 0.15) is 11.5 Å². The lowest BCUT2D eigenvalue weighted by Gasteiger charge is -2.26. The Kier molecular flexibility index (Phi) is 8.27. The predicted octanol–water partition coefficient (Wildman–Crippen LogP) is 2.68. The Morgan fingerprint density at radius 2 is 1.64 bits per heavy atom. The first-order valence-electron chi connectivity index (χ1n) is 7.20. The van der Waals surface area contributed by atoms with Gasteiger partial charge in [-0.15, -0.1) is 12.4 Å². The zero-order valence-corrected chi connectivity index (χ0v) is 14.8. The first-order valence-corrected chi connectivity index (χ1v) is 7.20. The molecule has 0 saturated carbocycles. The topological polar surface area (TPSA) is 73.6 Å². The van der Waals surface area contributed by atoms with Crippen LogP contribution in [0.2, 0.25) is 0 Å². The molecular weight excluding hydrogens is 304 g/mol. The Morgan fingerprint density at radius 1 is 1.18 bits per heavy atom. The molecule has 0 spiro atoms. The molecule has 1 amide bonds. The maximum Gasteiger partial charge on any atom is 0.251 e. The minimum Gasteiger partial charge on any atom is -0.496 e. The Labute approximate surface area is 139 Å². The molecule has 3 N–H and O–H groups in total. The van der Waals surface area contributed by atoms with Gasteiger partial charge in [0.2, 0.25) is 0 Å². The Morgan fingerprint density at radius 3 is 2.00 bits per heavy atom. The van der Waals surface area contributed by atoms with Crippen LogP contribution >= 0.6 is 12.4 Å². The van der Waals surface area contributed by atoms with E-state index in [0.717, 1.165) is 18.4 Å². The van der Waals surface area contributed by atoms with Crippen molar-refractivity contribution in [1.82, 2.24) is 5.32 Å². The smallest absolute Gasteiger partial charge is 0.251 e. The number of rotatable bonds is 7. The van der Waals surface area contributed by atoms with Crippen LogP contribution in [0.3, 0.4) is 0 Å². The van der Waals surface area contributed by atoms with E-state index in [0.29, 0.717) is 23.6 Å². The summed E-state index contributed by atoms with van der Waals surface area (Å²) in [6, 6.07) is 3.42. The average Bonchev–Trinajstić information content (AvgIpc) is 2.52. The van der Waals surface area contributed by atoms with Gasteiger partial charge in [-0.05, 0) is 31.9 Å². The summed E-state index contributed by atoms with van der Waals surface area (Å²) in [5, 5.41) is 2.89. The fraction of sp³-hybridized carbons (Fsp3) is 0.562. The summed E-state index contributed by atoms with van der Waals surface area (Å²) in [7, 11) is 3.14. The SMILES string of the molecule is CCC(N)(CC)CNC(=O)c1cc(OC)c(C)c(OC)c1.Cl. The van der Waals surface area contributed by atoms with Crippen molar-refractivity contribution >= 4 is 18.3 Å². The summed E-state index contributed by atoms with van der Waals surface area (Å²) in [6.07, 6.45) is 1.62. The average molecular weight is 331 g/mol. The van der Waals surface area contributed by atoms with E-state index >= 15 is 0 Å².